The Morgan fingerprint density at radius 3 is 2.53 bits per heavy atom. The summed E-state index contributed by atoms with van der Waals surface area (Å²) in [5.41, 5.74) is 3.66. The SMILES string of the molecule is NN/C(=C\NCc1ccccc1)CS(=O)(=O)Cl. The van der Waals surface area contributed by atoms with Gasteiger partial charge in [0.05, 0.1) is 5.70 Å². The standard InChI is InChI=1S/C10H14ClN3O2S/c11-17(15,16)8-10(14-12)7-13-6-9-4-2-1-3-5-9/h1-5,7,13-14H,6,8,12H2/b10-7-. The molecule has 1 aromatic rings. The molecule has 4 N–H and O–H groups in total. The highest BCUT2D eigenvalue weighted by Gasteiger charge is 2.08. The van der Waals surface area contributed by atoms with Crippen LogP contribution >= 0.6 is 10.7 Å². The molecule has 0 aromatic heterocycles. The average molecular weight is 276 g/mol. The molecule has 5 nitrogen and oxygen atoms in total. The molecule has 0 bridgehead atoms. The van der Waals surface area contributed by atoms with Gasteiger partial charge >= 0.3 is 0 Å². The van der Waals surface area contributed by atoms with Crippen molar-refractivity contribution in [3.05, 3.63) is 47.8 Å². The van der Waals surface area contributed by atoms with Gasteiger partial charge in [-0.25, -0.2) is 8.42 Å². The van der Waals surface area contributed by atoms with Crippen LogP contribution < -0.4 is 16.6 Å². The van der Waals surface area contributed by atoms with E-state index in [1.165, 1.54) is 6.20 Å². The van der Waals surface area contributed by atoms with E-state index in [0.29, 0.717) is 12.2 Å². The first kappa shape index (κ1) is 13.8. The zero-order valence-electron chi connectivity index (χ0n) is 9.06. The third kappa shape index (κ3) is 6.15. The van der Waals surface area contributed by atoms with Crippen molar-refractivity contribution in [1.82, 2.24) is 10.7 Å². The third-order valence-electron chi connectivity index (χ3n) is 1.94. The lowest BCUT2D eigenvalue weighted by Crippen LogP contribution is -2.27. The molecule has 94 valence electrons. The minimum absolute atomic E-state index is 0.302. The zero-order chi connectivity index (χ0) is 12.7. The van der Waals surface area contributed by atoms with Crippen LogP contribution in [-0.2, 0) is 15.6 Å². The minimum atomic E-state index is -3.61. The molecule has 0 unspecified atom stereocenters. The van der Waals surface area contributed by atoms with E-state index in [1.807, 2.05) is 30.3 Å². The quantitative estimate of drug-likeness (QED) is 0.403. The molecular weight excluding hydrogens is 262 g/mol. The molecule has 0 aliphatic heterocycles. The summed E-state index contributed by atoms with van der Waals surface area (Å²) < 4.78 is 21.7. The van der Waals surface area contributed by atoms with Gasteiger partial charge in [0.2, 0.25) is 9.05 Å². The monoisotopic (exact) mass is 275 g/mol. The van der Waals surface area contributed by atoms with Crippen molar-refractivity contribution < 1.29 is 8.42 Å². The van der Waals surface area contributed by atoms with Gasteiger partial charge in [0.25, 0.3) is 0 Å². The average Bonchev–Trinajstić information content (AvgIpc) is 2.27. The molecule has 0 saturated heterocycles. The topological polar surface area (TPSA) is 84.2 Å². The lowest BCUT2D eigenvalue weighted by molar-refractivity contribution is 0.609. The molecular formula is C10H14ClN3O2S. The van der Waals surface area contributed by atoms with Gasteiger partial charge in [-0.15, -0.1) is 0 Å². The van der Waals surface area contributed by atoms with Crippen molar-refractivity contribution in [2.45, 2.75) is 6.54 Å². The molecule has 0 radical (unpaired) electrons. The molecule has 0 saturated carbocycles. The number of hydrazine groups is 1. The molecule has 0 atom stereocenters. The highest BCUT2D eigenvalue weighted by molar-refractivity contribution is 8.13. The van der Waals surface area contributed by atoms with Crippen LogP contribution in [0.3, 0.4) is 0 Å². The number of nitrogens with two attached hydrogens (primary N) is 1. The van der Waals surface area contributed by atoms with Crippen molar-refractivity contribution in [2.24, 2.45) is 5.84 Å². The first-order valence-corrected chi connectivity index (χ1v) is 7.34. The van der Waals surface area contributed by atoms with E-state index in [-0.39, 0.29) is 5.75 Å². The molecule has 1 aromatic carbocycles. The Morgan fingerprint density at radius 1 is 1.35 bits per heavy atom. The van der Waals surface area contributed by atoms with Crippen LogP contribution in [0.25, 0.3) is 0 Å². The fraction of sp³-hybridized carbons (Fsp3) is 0.200. The van der Waals surface area contributed by atoms with Crippen LogP contribution in [0.4, 0.5) is 0 Å². The van der Waals surface area contributed by atoms with Crippen LogP contribution in [-0.4, -0.2) is 14.2 Å². The second-order valence-corrected chi connectivity index (χ2v) is 6.14. The largest absolute Gasteiger partial charge is 0.385 e. The Hall–Kier alpha value is -1.24. The predicted molar refractivity (Wildman–Crippen MR) is 68.3 cm³/mol. The fourth-order valence-electron chi connectivity index (χ4n) is 1.20. The number of hydrogen-bond donors (Lipinski definition) is 3. The van der Waals surface area contributed by atoms with E-state index in [4.69, 9.17) is 16.5 Å². The van der Waals surface area contributed by atoms with Gasteiger partial charge < -0.3 is 10.7 Å². The zero-order valence-corrected chi connectivity index (χ0v) is 10.6. The summed E-state index contributed by atoms with van der Waals surface area (Å²) in [4.78, 5) is 0. The van der Waals surface area contributed by atoms with Crippen LogP contribution in [0.1, 0.15) is 5.56 Å². The summed E-state index contributed by atoms with van der Waals surface area (Å²) in [6.45, 7) is 0.578. The highest BCUT2D eigenvalue weighted by atomic mass is 35.7. The van der Waals surface area contributed by atoms with Crippen LogP contribution in [0.2, 0.25) is 0 Å². The Morgan fingerprint density at radius 2 is 2.00 bits per heavy atom. The van der Waals surface area contributed by atoms with E-state index >= 15 is 0 Å². The van der Waals surface area contributed by atoms with Gasteiger partial charge in [-0.3, -0.25) is 5.84 Å². The Kier molecular flexibility index (Phi) is 5.27. The van der Waals surface area contributed by atoms with Crippen molar-refractivity contribution in [2.75, 3.05) is 5.75 Å². The molecule has 0 aliphatic carbocycles. The molecule has 0 heterocycles. The summed E-state index contributed by atoms with van der Waals surface area (Å²) in [6, 6.07) is 9.67. The van der Waals surface area contributed by atoms with Crippen molar-refractivity contribution in [1.29, 1.82) is 0 Å². The number of nitrogens with one attached hydrogen (secondary N) is 2. The lowest BCUT2D eigenvalue weighted by Gasteiger charge is -2.06. The Balaban J connectivity index is 2.51. The Labute approximate surface area is 105 Å². The molecule has 7 heteroatoms. The van der Waals surface area contributed by atoms with E-state index < -0.39 is 9.05 Å². The van der Waals surface area contributed by atoms with Crippen LogP contribution in [0.5, 0.6) is 0 Å². The van der Waals surface area contributed by atoms with Crippen LogP contribution in [0.15, 0.2) is 42.2 Å². The Bertz CT molecular complexity index is 474. The fourth-order valence-corrected chi connectivity index (χ4v) is 2.09. The highest BCUT2D eigenvalue weighted by Crippen LogP contribution is 2.02. The number of halogens is 1. The minimum Gasteiger partial charge on any atom is -0.385 e. The first-order chi connectivity index (χ1) is 8.01. The van der Waals surface area contributed by atoms with Crippen molar-refractivity contribution in [3.63, 3.8) is 0 Å². The van der Waals surface area contributed by atoms with E-state index in [0.717, 1.165) is 5.56 Å². The van der Waals surface area contributed by atoms with Crippen molar-refractivity contribution in [3.8, 4) is 0 Å². The lowest BCUT2D eigenvalue weighted by atomic mass is 10.2. The van der Waals surface area contributed by atoms with Gasteiger partial charge in [0.1, 0.15) is 5.75 Å². The third-order valence-corrected chi connectivity index (χ3v) is 2.92. The summed E-state index contributed by atoms with van der Waals surface area (Å²) in [6.07, 6.45) is 1.49. The molecule has 17 heavy (non-hydrogen) atoms. The first-order valence-electron chi connectivity index (χ1n) is 4.86. The smallest absolute Gasteiger partial charge is 0.238 e. The second-order valence-electron chi connectivity index (χ2n) is 3.36. The van der Waals surface area contributed by atoms with Gasteiger partial charge in [-0.1, -0.05) is 30.3 Å². The maximum absolute atomic E-state index is 10.8. The number of rotatable bonds is 6. The van der Waals surface area contributed by atoms with Crippen molar-refractivity contribution >= 4 is 19.7 Å². The number of hydrogen-bond acceptors (Lipinski definition) is 5. The van der Waals surface area contributed by atoms with Crippen LogP contribution in [0, 0.1) is 0 Å². The summed E-state index contributed by atoms with van der Waals surface area (Å²) in [5, 5.41) is 2.95. The molecule has 0 amide bonds. The molecule has 0 fully saturated rings. The maximum atomic E-state index is 10.8. The van der Waals surface area contributed by atoms with E-state index in [2.05, 4.69) is 10.7 Å². The summed E-state index contributed by atoms with van der Waals surface area (Å²) in [7, 11) is 1.50. The summed E-state index contributed by atoms with van der Waals surface area (Å²) in [5.74, 6) is 4.84. The predicted octanol–water partition coefficient (Wildman–Crippen LogP) is 0.649. The maximum Gasteiger partial charge on any atom is 0.238 e. The summed E-state index contributed by atoms with van der Waals surface area (Å²) >= 11 is 0. The number of benzene rings is 1. The molecule has 0 spiro atoms. The van der Waals surface area contributed by atoms with E-state index in [1.54, 1.807) is 0 Å². The molecule has 1 rings (SSSR count). The normalized spacial score (nSPS) is 12.2. The van der Waals surface area contributed by atoms with Gasteiger partial charge in [0, 0.05) is 23.4 Å². The van der Waals surface area contributed by atoms with E-state index in [9.17, 15) is 8.42 Å². The van der Waals surface area contributed by atoms with Gasteiger partial charge in [0.15, 0.2) is 0 Å². The van der Waals surface area contributed by atoms with Gasteiger partial charge in [-0.2, -0.15) is 0 Å². The molecule has 0 aliphatic rings. The second kappa shape index (κ2) is 6.48. The van der Waals surface area contributed by atoms with Gasteiger partial charge in [-0.05, 0) is 5.56 Å².